The zero-order valence-electron chi connectivity index (χ0n) is 15.5. The van der Waals surface area contributed by atoms with Crippen molar-refractivity contribution in [1.82, 2.24) is 10.2 Å². The zero-order chi connectivity index (χ0) is 18.2. The van der Waals surface area contributed by atoms with Crippen LogP contribution in [0.2, 0.25) is 0 Å². The molecule has 3 nitrogen and oxygen atoms in total. The van der Waals surface area contributed by atoms with Crippen molar-refractivity contribution in [3.8, 4) is 0 Å². The van der Waals surface area contributed by atoms with Crippen LogP contribution in [0.1, 0.15) is 36.8 Å². The summed E-state index contributed by atoms with van der Waals surface area (Å²) in [5, 5.41) is 3.12. The van der Waals surface area contributed by atoms with Crippen LogP contribution in [-0.2, 0) is 4.79 Å². The number of amides is 1. The Kier molecular flexibility index (Phi) is 6.62. The minimum atomic E-state index is 0.121. The molecule has 0 unspecified atom stereocenters. The molecule has 1 N–H and O–H groups in total. The van der Waals surface area contributed by atoms with Crippen LogP contribution in [0.25, 0.3) is 5.57 Å². The van der Waals surface area contributed by atoms with Gasteiger partial charge >= 0.3 is 0 Å². The number of rotatable bonds is 7. The summed E-state index contributed by atoms with van der Waals surface area (Å²) in [5.41, 5.74) is 3.98. The van der Waals surface area contributed by atoms with Crippen molar-refractivity contribution in [2.45, 2.75) is 25.7 Å². The second kappa shape index (κ2) is 9.35. The van der Waals surface area contributed by atoms with Gasteiger partial charge in [0.2, 0.25) is 5.91 Å². The Morgan fingerprint density at radius 1 is 1.08 bits per heavy atom. The molecule has 1 atom stereocenters. The Morgan fingerprint density at radius 2 is 1.77 bits per heavy atom. The van der Waals surface area contributed by atoms with Crippen LogP contribution in [-0.4, -0.2) is 37.0 Å². The Labute approximate surface area is 156 Å². The van der Waals surface area contributed by atoms with Gasteiger partial charge in [-0.15, -0.1) is 0 Å². The van der Waals surface area contributed by atoms with Crippen molar-refractivity contribution >= 4 is 11.5 Å². The molecular formula is C23H28N2O. The number of nitrogens with one attached hydrogen (secondary N) is 1. The molecule has 0 fully saturated rings. The van der Waals surface area contributed by atoms with Crippen LogP contribution in [0.5, 0.6) is 0 Å². The molecule has 1 amide bonds. The molecule has 26 heavy (non-hydrogen) atoms. The molecule has 0 saturated carbocycles. The number of carbonyl (C=O) groups is 1. The third-order valence-electron chi connectivity index (χ3n) is 5.11. The van der Waals surface area contributed by atoms with Gasteiger partial charge in [0.25, 0.3) is 0 Å². The van der Waals surface area contributed by atoms with E-state index in [1.54, 1.807) is 0 Å². The van der Waals surface area contributed by atoms with Gasteiger partial charge in [-0.05, 0) is 29.5 Å². The van der Waals surface area contributed by atoms with Gasteiger partial charge in [0.05, 0.1) is 6.54 Å². The molecule has 0 radical (unpaired) electrons. The zero-order valence-corrected chi connectivity index (χ0v) is 15.5. The molecule has 0 spiro atoms. The highest BCUT2D eigenvalue weighted by Crippen LogP contribution is 2.22. The first kappa shape index (κ1) is 18.4. The number of hydrogen-bond acceptors (Lipinski definition) is 2. The number of hydrogen-bond donors (Lipinski definition) is 1. The van der Waals surface area contributed by atoms with Crippen molar-refractivity contribution in [3.05, 3.63) is 77.9 Å². The minimum absolute atomic E-state index is 0.121. The molecule has 1 aliphatic heterocycles. The van der Waals surface area contributed by atoms with Gasteiger partial charge in [0, 0.05) is 25.6 Å². The summed E-state index contributed by atoms with van der Waals surface area (Å²) in [5.74, 6) is 0.502. The molecule has 1 heterocycles. The van der Waals surface area contributed by atoms with Crippen molar-refractivity contribution in [1.29, 1.82) is 0 Å². The average molecular weight is 348 g/mol. The first-order valence-corrected chi connectivity index (χ1v) is 9.54. The highest BCUT2D eigenvalue weighted by atomic mass is 16.2. The first-order valence-electron chi connectivity index (χ1n) is 9.54. The fourth-order valence-electron chi connectivity index (χ4n) is 3.49. The van der Waals surface area contributed by atoms with E-state index in [2.05, 4.69) is 71.7 Å². The van der Waals surface area contributed by atoms with E-state index in [-0.39, 0.29) is 5.91 Å². The summed E-state index contributed by atoms with van der Waals surface area (Å²) in [7, 11) is 0. The Bertz CT molecular complexity index is 724. The molecule has 136 valence electrons. The van der Waals surface area contributed by atoms with E-state index in [0.29, 0.717) is 19.0 Å². The fourth-order valence-corrected chi connectivity index (χ4v) is 3.49. The molecule has 1 aliphatic rings. The summed E-state index contributed by atoms with van der Waals surface area (Å²) in [4.78, 5) is 14.6. The van der Waals surface area contributed by atoms with Gasteiger partial charge in [-0.3, -0.25) is 9.69 Å². The van der Waals surface area contributed by atoms with Crippen molar-refractivity contribution in [3.63, 3.8) is 0 Å². The lowest BCUT2D eigenvalue weighted by Gasteiger charge is -2.26. The predicted molar refractivity (Wildman–Crippen MR) is 108 cm³/mol. The van der Waals surface area contributed by atoms with Gasteiger partial charge < -0.3 is 5.32 Å². The van der Waals surface area contributed by atoms with Crippen molar-refractivity contribution in [2.24, 2.45) is 0 Å². The molecule has 3 rings (SSSR count). The molecular weight excluding hydrogens is 320 g/mol. The average Bonchev–Trinajstić information content (AvgIpc) is 2.70. The van der Waals surface area contributed by atoms with E-state index in [0.717, 1.165) is 25.9 Å². The van der Waals surface area contributed by atoms with Crippen molar-refractivity contribution < 1.29 is 4.79 Å². The van der Waals surface area contributed by atoms with Gasteiger partial charge in [-0.25, -0.2) is 0 Å². The van der Waals surface area contributed by atoms with Crippen LogP contribution in [0, 0.1) is 0 Å². The van der Waals surface area contributed by atoms with Crippen molar-refractivity contribution in [2.75, 3.05) is 26.2 Å². The minimum Gasteiger partial charge on any atom is -0.354 e. The maximum atomic E-state index is 12.3. The van der Waals surface area contributed by atoms with Crippen LogP contribution in [0.3, 0.4) is 0 Å². The largest absolute Gasteiger partial charge is 0.354 e. The summed E-state index contributed by atoms with van der Waals surface area (Å²) >= 11 is 0. The van der Waals surface area contributed by atoms with E-state index in [1.165, 1.54) is 16.7 Å². The SMILES string of the molecule is CC[C@@H](CNC(=O)CN1CC=C(c2ccccc2)CC1)c1ccccc1. The normalized spacial score (nSPS) is 16.0. The summed E-state index contributed by atoms with van der Waals surface area (Å²) in [6, 6.07) is 20.9. The van der Waals surface area contributed by atoms with E-state index >= 15 is 0 Å². The van der Waals surface area contributed by atoms with Crippen LogP contribution in [0.15, 0.2) is 66.7 Å². The standard InChI is InChI=1S/C23H28N2O/c1-2-19(20-9-5-3-6-10-20)17-24-23(26)18-25-15-13-22(14-16-25)21-11-7-4-8-12-21/h3-13,19H,2,14-18H2,1H3,(H,24,26)/t19-/m0/s1. The maximum Gasteiger partial charge on any atom is 0.234 e. The lowest BCUT2D eigenvalue weighted by atomic mass is 9.96. The van der Waals surface area contributed by atoms with E-state index in [4.69, 9.17) is 0 Å². The van der Waals surface area contributed by atoms with Crippen LogP contribution in [0.4, 0.5) is 0 Å². The Morgan fingerprint density at radius 3 is 2.38 bits per heavy atom. The summed E-state index contributed by atoms with van der Waals surface area (Å²) < 4.78 is 0. The fraction of sp³-hybridized carbons (Fsp3) is 0.348. The lowest BCUT2D eigenvalue weighted by molar-refractivity contribution is -0.122. The predicted octanol–water partition coefficient (Wildman–Crippen LogP) is 4.09. The third-order valence-corrected chi connectivity index (χ3v) is 5.11. The van der Waals surface area contributed by atoms with Gasteiger partial charge in [0.1, 0.15) is 0 Å². The smallest absolute Gasteiger partial charge is 0.234 e. The molecule has 0 aliphatic carbocycles. The van der Waals surface area contributed by atoms with Crippen LogP contribution < -0.4 is 5.32 Å². The number of carbonyl (C=O) groups excluding carboxylic acids is 1. The molecule has 2 aromatic rings. The van der Waals surface area contributed by atoms with E-state index < -0.39 is 0 Å². The maximum absolute atomic E-state index is 12.3. The summed E-state index contributed by atoms with van der Waals surface area (Å²) in [6.07, 6.45) is 4.28. The Hall–Kier alpha value is -2.39. The number of benzene rings is 2. The highest BCUT2D eigenvalue weighted by molar-refractivity contribution is 5.78. The Balaban J connectivity index is 1.46. The van der Waals surface area contributed by atoms with E-state index in [1.807, 2.05) is 12.1 Å². The van der Waals surface area contributed by atoms with Crippen LogP contribution >= 0.6 is 0 Å². The monoisotopic (exact) mass is 348 g/mol. The topological polar surface area (TPSA) is 32.3 Å². The highest BCUT2D eigenvalue weighted by Gasteiger charge is 2.16. The first-order chi connectivity index (χ1) is 12.8. The second-order valence-electron chi connectivity index (χ2n) is 6.90. The molecule has 0 aromatic heterocycles. The molecule has 0 saturated heterocycles. The molecule has 2 aromatic carbocycles. The van der Waals surface area contributed by atoms with Gasteiger partial charge in [-0.1, -0.05) is 73.7 Å². The van der Waals surface area contributed by atoms with Gasteiger partial charge in [-0.2, -0.15) is 0 Å². The van der Waals surface area contributed by atoms with E-state index in [9.17, 15) is 4.79 Å². The lowest BCUT2D eigenvalue weighted by Crippen LogP contribution is -2.40. The molecule has 3 heteroatoms. The second-order valence-corrected chi connectivity index (χ2v) is 6.90. The quantitative estimate of drug-likeness (QED) is 0.817. The number of nitrogens with zero attached hydrogens (tertiary/aromatic N) is 1. The third kappa shape index (κ3) is 5.06. The molecule has 0 bridgehead atoms. The summed E-state index contributed by atoms with van der Waals surface area (Å²) in [6.45, 7) is 5.13. The van der Waals surface area contributed by atoms with Gasteiger partial charge in [0.15, 0.2) is 0 Å².